The van der Waals surface area contributed by atoms with Crippen LogP contribution in [0.3, 0.4) is 0 Å². The predicted octanol–water partition coefficient (Wildman–Crippen LogP) is 6.22. The van der Waals surface area contributed by atoms with Crippen molar-refractivity contribution in [1.82, 2.24) is 0 Å². The molecule has 0 spiro atoms. The fourth-order valence-electron chi connectivity index (χ4n) is 4.65. The fourth-order valence-corrected chi connectivity index (χ4v) is 4.65. The average molecular weight is 456 g/mol. The second kappa shape index (κ2) is 8.51. The third-order valence-corrected chi connectivity index (χ3v) is 6.06. The number of rotatable bonds is 4. The Hall–Kier alpha value is -3.39. The van der Waals surface area contributed by atoms with Crippen molar-refractivity contribution in [2.45, 2.75) is 43.8 Å². The molecule has 1 heterocycles. The summed E-state index contributed by atoms with van der Waals surface area (Å²) >= 11 is 0. The molecule has 5 rings (SSSR count). The van der Waals surface area contributed by atoms with Crippen molar-refractivity contribution in [2.24, 2.45) is 0 Å². The van der Waals surface area contributed by atoms with E-state index in [1.165, 1.54) is 24.3 Å². The monoisotopic (exact) mass is 456 g/mol. The van der Waals surface area contributed by atoms with Gasteiger partial charge in [-0.25, -0.2) is 0 Å². The minimum atomic E-state index is -4.73. The van der Waals surface area contributed by atoms with Gasteiger partial charge in [0.1, 0.15) is 5.75 Å². The molecule has 0 bridgehead atoms. The SMILES string of the molecule is O[C@H]1[C@H](Nc2ccc(OC(F)(F)F)cc2)CCC[C@@H]1N1c2ccccc2Oc2ccccc21. The van der Waals surface area contributed by atoms with Gasteiger partial charge in [0, 0.05) is 5.69 Å². The maximum absolute atomic E-state index is 12.4. The molecule has 1 saturated carbocycles. The molecular formula is C25H23F3N2O3. The molecule has 172 valence electrons. The first kappa shape index (κ1) is 21.5. The first-order chi connectivity index (χ1) is 15.9. The summed E-state index contributed by atoms with van der Waals surface area (Å²) in [6.07, 6.45) is -3.03. The minimum absolute atomic E-state index is 0.199. The van der Waals surface area contributed by atoms with Crippen molar-refractivity contribution in [3.05, 3.63) is 72.8 Å². The quantitative estimate of drug-likeness (QED) is 0.488. The number of nitrogens with zero attached hydrogens (tertiary/aromatic N) is 1. The lowest BCUT2D eigenvalue weighted by Crippen LogP contribution is -2.52. The number of aliphatic hydroxyl groups excluding tert-OH is 1. The Bertz CT molecular complexity index is 1070. The number of hydrogen-bond acceptors (Lipinski definition) is 5. The molecule has 3 aromatic carbocycles. The van der Waals surface area contributed by atoms with Crippen LogP contribution >= 0.6 is 0 Å². The van der Waals surface area contributed by atoms with Gasteiger partial charge in [-0.3, -0.25) is 0 Å². The molecule has 2 aliphatic rings. The predicted molar refractivity (Wildman–Crippen MR) is 119 cm³/mol. The largest absolute Gasteiger partial charge is 0.573 e. The highest BCUT2D eigenvalue weighted by atomic mass is 19.4. The highest BCUT2D eigenvalue weighted by molar-refractivity contribution is 5.78. The normalized spacial score (nSPS) is 22.1. The number of hydrogen-bond donors (Lipinski definition) is 2. The van der Waals surface area contributed by atoms with Crippen molar-refractivity contribution in [1.29, 1.82) is 0 Å². The molecule has 0 unspecified atom stereocenters. The number of fused-ring (bicyclic) bond motifs is 2. The van der Waals surface area contributed by atoms with Gasteiger partial charge in [-0.15, -0.1) is 13.2 Å². The van der Waals surface area contributed by atoms with E-state index in [2.05, 4.69) is 15.0 Å². The second-order valence-electron chi connectivity index (χ2n) is 8.22. The first-order valence-electron chi connectivity index (χ1n) is 10.8. The van der Waals surface area contributed by atoms with Crippen molar-refractivity contribution < 1.29 is 27.8 Å². The Labute approximate surface area is 189 Å². The van der Waals surface area contributed by atoms with E-state index in [-0.39, 0.29) is 17.8 Å². The number of aliphatic hydroxyl groups is 1. The van der Waals surface area contributed by atoms with E-state index in [9.17, 15) is 18.3 Å². The zero-order chi connectivity index (χ0) is 23.0. The molecule has 1 aliphatic heterocycles. The summed E-state index contributed by atoms with van der Waals surface area (Å²) in [7, 11) is 0. The standard InChI is InChI=1S/C25H23F3N2O3/c26-25(27,28)33-17-14-12-16(13-15-17)29-18-6-5-9-21(24(18)31)30-19-7-1-3-10-22(19)32-23-11-4-2-8-20(23)30/h1-4,7-8,10-15,18,21,24,29,31H,5-6,9H2/t18-,21+,24+/m1/s1. The summed E-state index contributed by atoms with van der Waals surface area (Å²) in [4.78, 5) is 2.15. The molecule has 0 saturated heterocycles. The Balaban J connectivity index is 1.38. The third kappa shape index (κ3) is 4.43. The van der Waals surface area contributed by atoms with Crippen LogP contribution in [0, 0.1) is 0 Å². The van der Waals surface area contributed by atoms with Crippen LogP contribution in [0.15, 0.2) is 72.8 Å². The molecule has 3 aromatic rings. The van der Waals surface area contributed by atoms with Gasteiger partial charge in [0.25, 0.3) is 0 Å². The fraction of sp³-hybridized carbons (Fsp3) is 0.280. The van der Waals surface area contributed by atoms with Gasteiger partial charge in [-0.1, -0.05) is 24.3 Å². The summed E-state index contributed by atoms with van der Waals surface area (Å²) in [5, 5.41) is 14.7. The highest BCUT2D eigenvalue weighted by Gasteiger charge is 2.39. The number of benzene rings is 3. The number of nitrogens with one attached hydrogen (secondary N) is 1. The second-order valence-corrected chi connectivity index (χ2v) is 8.22. The number of ether oxygens (including phenoxy) is 2. The van der Waals surface area contributed by atoms with E-state index in [1.807, 2.05) is 48.5 Å². The molecule has 0 radical (unpaired) electrons. The van der Waals surface area contributed by atoms with Crippen LogP contribution in [0.4, 0.5) is 30.2 Å². The van der Waals surface area contributed by atoms with Crippen molar-refractivity contribution in [3.8, 4) is 17.2 Å². The van der Waals surface area contributed by atoms with Crippen molar-refractivity contribution in [2.75, 3.05) is 10.2 Å². The van der Waals surface area contributed by atoms with E-state index < -0.39 is 12.5 Å². The van der Waals surface area contributed by atoms with E-state index >= 15 is 0 Å². The molecule has 2 N–H and O–H groups in total. The molecular weight excluding hydrogens is 433 g/mol. The Morgan fingerprint density at radius 1 is 0.879 bits per heavy atom. The number of halogens is 3. The minimum Gasteiger partial charge on any atom is -0.453 e. The average Bonchev–Trinajstić information content (AvgIpc) is 2.79. The number of para-hydroxylation sites is 4. The molecule has 1 fully saturated rings. The summed E-state index contributed by atoms with van der Waals surface area (Å²) in [6.45, 7) is 0. The summed E-state index contributed by atoms with van der Waals surface area (Å²) < 4.78 is 47.2. The van der Waals surface area contributed by atoms with Crippen molar-refractivity contribution in [3.63, 3.8) is 0 Å². The van der Waals surface area contributed by atoms with Crippen LogP contribution in [-0.4, -0.2) is 29.7 Å². The van der Waals surface area contributed by atoms with Gasteiger partial charge in [-0.05, 0) is 67.8 Å². The molecule has 3 atom stereocenters. The first-order valence-corrected chi connectivity index (χ1v) is 10.8. The van der Waals surface area contributed by atoms with Crippen LogP contribution in [0.25, 0.3) is 0 Å². The highest BCUT2D eigenvalue weighted by Crippen LogP contribution is 2.49. The van der Waals surface area contributed by atoms with Crippen LogP contribution in [0.2, 0.25) is 0 Å². The third-order valence-electron chi connectivity index (χ3n) is 6.06. The van der Waals surface area contributed by atoms with E-state index in [4.69, 9.17) is 4.74 Å². The maximum atomic E-state index is 12.4. The topological polar surface area (TPSA) is 54.0 Å². The Morgan fingerprint density at radius 3 is 2.09 bits per heavy atom. The van der Waals surface area contributed by atoms with Gasteiger partial charge in [0.15, 0.2) is 11.5 Å². The number of anilines is 3. The van der Waals surface area contributed by atoms with E-state index in [0.29, 0.717) is 5.69 Å². The summed E-state index contributed by atoms with van der Waals surface area (Å²) in [5.41, 5.74) is 2.42. The van der Waals surface area contributed by atoms with Crippen LogP contribution < -0.4 is 19.7 Å². The number of alkyl halides is 3. The smallest absolute Gasteiger partial charge is 0.453 e. The van der Waals surface area contributed by atoms with Gasteiger partial charge >= 0.3 is 6.36 Å². The summed E-state index contributed by atoms with van der Waals surface area (Å²) in [5.74, 6) is 1.19. The van der Waals surface area contributed by atoms with Gasteiger partial charge in [0.2, 0.25) is 0 Å². The lowest BCUT2D eigenvalue weighted by molar-refractivity contribution is -0.274. The molecule has 0 aromatic heterocycles. The van der Waals surface area contributed by atoms with Crippen LogP contribution in [0.1, 0.15) is 19.3 Å². The van der Waals surface area contributed by atoms with Crippen molar-refractivity contribution >= 4 is 17.1 Å². The van der Waals surface area contributed by atoms with Crippen LogP contribution in [0.5, 0.6) is 17.2 Å². The van der Waals surface area contributed by atoms with E-state index in [1.54, 1.807) is 0 Å². The zero-order valence-corrected chi connectivity index (χ0v) is 17.6. The Morgan fingerprint density at radius 2 is 1.48 bits per heavy atom. The van der Waals surface area contributed by atoms with Crippen LogP contribution in [-0.2, 0) is 0 Å². The van der Waals surface area contributed by atoms with E-state index in [0.717, 1.165) is 42.1 Å². The van der Waals surface area contributed by atoms with Gasteiger partial charge in [-0.2, -0.15) is 0 Å². The lowest BCUT2D eigenvalue weighted by Gasteiger charge is -2.45. The maximum Gasteiger partial charge on any atom is 0.573 e. The molecule has 8 heteroatoms. The molecule has 1 aliphatic carbocycles. The van der Waals surface area contributed by atoms with Gasteiger partial charge < -0.3 is 24.8 Å². The van der Waals surface area contributed by atoms with Gasteiger partial charge in [0.05, 0.1) is 29.6 Å². The molecule has 33 heavy (non-hydrogen) atoms. The zero-order valence-electron chi connectivity index (χ0n) is 17.6. The molecule has 0 amide bonds. The Kier molecular flexibility index (Phi) is 5.54. The summed E-state index contributed by atoms with van der Waals surface area (Å²) in [6, 6.07) is 20.6. The molecule has 5 nitrogen and oxygen atoms in total. The lowest BCUT2D eigenvalue weighted by atomic mass is 9.86.